The predicted molar refractivity (Wildman–Crippen MR) is 114 cm³/mol. The monoisotopic (exact) mass is 433 g/mol. The van der Waals surface area contributed by atoms with Crippen LogP contribution in [-0.4, -0.2) is 50.0 Å². The third-order valence-corrected chi connectivity index (χ3v) is 6.11. The van der Waals surface area contributed by atoms with Crippen molar-refractivity contribution in [3.63, 3.8) is 0 Å². The van der Waals surface area contributed by atoms with Crippen molar-refractivity contribution in [3.8, 4) is 5.75 Å². The molecule has 0 aliphatic carbocycles. The molecule has 0 radical (unpaired) electrons. The van der Waals surface area contributed by atoms with Gasteiger partial charge in [-0.3, -0.25) is 9.59 Å². The number of benzene rings is 2. The number of nitrogens with one attached hydrogen (secondary N) is 1. The van der Waals surface area contributed by atoms with Crippen LogP contribution in [0.25, 0.3) is 0 Å². The molecule has 1 N–H and O–H groups in total. The number of nitrogens with zero attached hydrogens (tertiary/aromatic N) is 2. The van der Waals surface area contributed by atoms with E-state index in [1.807, 2.05) is 30.3 Å². The van der Waals surface area contributed by atoms with E-state index in [0.29, 0.717) is 43.4 Å². The average molecular weight is 434 g/mol. The zero-order valence-corrected chi connectivity index (χ0v) is 17.5. The maximum absolute atomic E-state index is 12.9. The lowest BCUT2D eigenvalue weighted by Crippen LogP contribution is -2.49. The van der Waals surface area contributed by atoms with Gasteiger partial charge in [0.25, 0.3) is 0 Å². The Morgan fingerprint density at radius 2 is 1.90 bits per heavy atom. The molecule has 2 amide bonds. The molecule has 8 heteroatoms. The maximum Gasteiger partial charge on any atom is 0.245 e. The number of hydrogen-bond donors (Lipinski definition) is 1. The van der Waals surface area contributed by atoms with Gasteiger partial charge in [-0.2, -0.15) is 0 Å². The summed E-state index contributed by atoms with van der Waals surface area (Å²) in [5, 5.41) is 2.59. The van der Waals surface area contributed by atoms with Crippen LogP contribution in [0.4, 0.5) is 11.4 Å². The zero-order valence-electron chi connectivity index (χ0n) is 16.0. The molecule has 1 saturated heterocycles. The topological polar surface area (TPSA) is 61.9 Å². The zero-order chi connectivity index (χ0) is 20.5. The van der Waals surface area contributed by atoms with Crippen molar-refractivity contribution in [1.82, 2.24) is 4.90 Å². The van der Waals surface area contributed by atoms with Crippen molar-refractivity contribution in [2.45, 2.75) is 11.8 Å². The first-order chi connectivity index (χ1) is 14.0. The van der Waals surface area contributed by atoms with Gasteiger partial charge >= 0.3 is 0 Å². The fraction of sp³-hybridized carbons (Fsp3) is 0.333. The number of ether oxygens (including phenoxy) is 1. The Kier molecular flexibility index (Phi) is 5.56. The second kappa shape index (κ2) is 8.13. The van der Waals surface area contributed by atoms with Gasteiger partial charge in [0.2, 0.25) is 11.8 Å². The van der Waals surface area contributed by atoms with Gasteiger partial charge in [0.05, 0.1) is 18.6 Å². The van der Waals surface area contributed by atoms with Crippen molar-refractivity contribution < 1.29 is 14.3 Å². The number of halogens is 2. The first-order valence-corrected chi connectivity index (χ1v) is 10.2. The van der Waals surface area contributed by atoms with Gasteiger partial charge in [-0.05, 0) is 29.3 Å². The molecule has 6 nitrogen and oxygen atoms in total. The molecule has 1 fully saturated rings. The Labute approximate surface area is 179 Å². The summed E-state index contributed by atoms with van der Waals surface area (Å²) >= 11 is 12.6. The largest absolute Gasteiger partial charge is 0.495 e. The molecular formula is C21H21Cl2N3O3. The number of alkyl halides is 1. The Balaban J connectivity index is 1.40. The second-order valence-electron chi connectivity index (χ2n) is 7.14. The summed E-state index contributed by atoms with van der Waals surface area (Å²) in [6.07, 6.45) is 0.324. The summed E-state index contributed by atoms with van der Waals surface area (Å²) in [5.74, 6) is 0.481. The standard InChI is InChI=1S/C21H21Cl2N3O3/c1-29-18-12-15(3-4-16(18)22)25-6-8-26(9-7-25)21(28)20(23)13-2-5-17-14(10-13)11-19(27)24-17/h2-5,10,12,20H,6-9,11H2,1H3,(H,24,27). The van der Waals surface area contributed by atoms with Crippen molar-refractivity contribution in [3.05, 3.63) is 52.5 Å². The molecule has 0 spiro atoms. The van der Waals surface area contributed by atoms with Crippen molar-refractivity contribution in [2.24, 2.45) is 0 Å². The number of piperazine rings is 1. The van der Waals surface area contributed by atoms with Crippen LogP contribution in [0.15, 0.2) is 36.4 Å². The van der Waals surface area contributed by atoms with E-state index < -0.39 is 5.38 Å². The lowest BCUT2D eigenvalue weighted by atomic mass is 10.0. The van der Waals surface area contributed by atoms with E-state index in [2.05, 4.69) is 10.2 Å². The smallest absolute Gasteiger partial charge is 0.245 e. The highest BCUT2D eigenvalue weighted by Gasteiger charge is 2.29. The Hall–Kier alpha value is -2.44. The van der Waals surface area contributed by atoms with Crippen LogP contribution in [-0.2, 0) is 16.0 Å². The van der Waals surface area contributed by atoms with Crippen LogP contribution >= 0.6 is 23.2 Å². The molecule has 0 saturated carbocycles. The Morgan fingerprint density at radius 3 is 2.62 bits per heavy atom. The van der Waals surface area contributed by atoms with E-state index in [1.54, 1.807) is 18.1 Å². The lowest BCUT2D eigenvalue weighted by molar-refractivity contribution is -0.131. The Morgan fingerprint density at radius 1 is 1.14 bits per heavy atom. The number of amides is 2. The first kappa shape index (κ1) is 19.9. The van der Waals surface area contributed by atoms with Crippen LogP contribution < -0.4 is 15.0 Å². The van der Waals surface area contributed by atoms with E-state index in [9.17, 15) is 9.59 Å². The van der Waals surface area contributed by atoms with Gasteiger partial charge in [0, 0.05) is 43.6 Å². The van der Waals surface area contributed by atoms with Gasteiger partial charge in [0.1, 0.15) is 11.1 Å². The molecule has 2 heterocycles. The molecule has 2 aliphatic heterocycles. The van der Waals surface area contributed by atoms with Crippen molar-refractivity contribution in [2.75, 3.05) is 43.5 Å². The predicted octanol–water partition coefficient (Wildman–Crippen LogP) is 3.47. The molecule has 0 aromatic heterocycles. The van der Waals surface area contributed by atoms with Crippen LogP contribution in [0, 0.1) is 0 Å². The number of carbonyl (C=O) groups excluding carboxylic acids is 2. The van der Waals surface area contributed by atoms with Crippen LogP contribution in [0.1, 0.15) is 16.5 Å². The third kappa shape index (κ3) is 4.00. The van der Waals surface area contributed by atoms with Gasteiger partial charge in [0.15, 0.2) is 0 Å². The fourth-order valence-electron chi connectivity index (χ4n) is 3.74. The fourth-order valence-corrected chi connectivity index (χ4v) is 4.21. The van der Waals surface area contributed by atoms with Crippen LogP contribution in [0.3, 0.4) is 0 Å². The van der Waals surface area contributed by atoms with Crippen molar-refractivity contribution >= 4 is 46.4 Å². The maximum atomic E-state index is 12.9. The molecular weight excluding hydrogens is 413 g/mol. The van der Waals surface area contributed by atoms with Gasteiger partial charge < -0.3 is 19.9 Å². The number of carbonyl (C=O) groups is 2. The summed E-state index contributed by atoms with van der Waals surface area (Å²) in [6, 6.07) is 11.1. The minimum atomic E-state index is -0.766. The van der Waals surface area contributed by atoms with Crippen molar-refractivity contribution in [1.29, 1.82) is 0 Å². The average Bonchev–Trinajstić information content (AvgIpc) is 3.12. The minimum absolute atomic E-state index is 0.0375. The molecule has 29 heavy (non-hydrogen) atoms. The van der Waals surface area contributed by atoms with Gasteiger partial charge in [-0.15, -0.1) is 11.6 Å². The highest BCUT2D eigenvalue weighted by Crippen LogP contribution is 2.32. The van der Waals surface area contributed by atoms with E-state index in [-0.39, 0.29) is 11.8 Å². The number of methoxy groups -OCH3 is 1. The summed E-state index contributed by atoms with van der Waals surface area (Å²) in [6.45, 7) is 2.56. The summed E-state index contributed by atoms with van der Waals surface area (Å²) in [5.41, 5.74) is 3.41. The van der Waals surface area contributed by atoms with E-state index >= 15 is 0 Å². The summed E-state index contributed by atoms with van der Waals surface area (Å²) < 4.78 is 5.29. The summed E-state index contributed by atoms with van der Waals surface area (Å²) in [4.78, 5) is 28.4. The first-order valence-electron chi connectivity index (χ1n) is 9.40. The highest BCUT2D eigenvalue weighted by atomic mass is 35.5. The molecule has 1 unspecified atom stereocenters. The molecule has 152 valence electrons. The van der Waals surface area contributed by atoms with E-state index in [4.69, 9.17) is 27.9 Å². The Bertz CT molecular complexity index is 958. The van der Waals surface area contributed by atoms with Crippen LogP contribution in [0.5, 0.6) is 5.75 Å². The molecule has 4 rings (SSSR count). The molecule has 2 aliphatic rings. The second-order valence-corrected chi connectivity index (χ2v) is 7.98. The quantitative estimate of drug-likeness (QED) is 0.749. The normalized spacial score (nSPS) is 17.0. The number of rotatable bonds is 4. The molecule has 2 aromatic carbocycles. The highest BCUT2D eigenvalue weighted by molar-refractivity contribution is 6.32. The number of anilines is 2. The van der Waals surface area contributed by atoms with Gasteiger partial charge in [-0.1, -0.05) is 23.7 Å². The van der Waals surface area contributed by atoms with E-state index in [1.165, 1.54) is 0 Å². The SMILES string of the molecule is COc1cc(N2CCN(C(=O)C(Cl)c3ccc4c(c3)CC(=O)N4)CC2)ccc1Cl. The molecule has 1 atom stereocenters. The molecule has 0 bridgehead atoms. The number of hydrogen-bond acceptors (Lipinski definition) is 4. The van der Waals surface area contributed by atoms with Crippen LogP contribution in [0.2, 0.25) is 5.02 Å². The minimum Gasteiger partial charge on any atom is -0.495 e. The number of fused-ring (bicyclic) bond motifs is 1. The van der Waals surface area contributed by atoms with E-state index in [0.717, 1.165) is 22.5 Å². The third-order valence-electron chi connectivity index (χ3n) is 5.36. The van der Waals surface area contributed by atoms with Gasteiger partial charge in [-0.25, -0.2) is 0 Å². The lowest BCUT2D eigenvalue weighted by Gasteiger charge is -2.37. The molecule has 2 aromatic rings. The summed E-state index contributed by atoms with van der Waals surface area (Å²) in [7, 11) is 1.59.